The van der Waals surface area contributed by atoms with Gasteiger partial charge in [-0.1, -0.05) is 0 Å². The second-order valence-corrected chi connectivity index (χ2v) is 3.10. The molecule has 0 saturated carbocycles. The molecule has 0 aliphatic rings. The van der Waals surface area contributed by atoms with Crippen LogP contribution in [0, 0.1) is 6.92 Å². The van der Waals surface area contributed by atoms with Crippen molar-refractivity contribution in [2.45, 2.75) is 6.92 Å². The fourth-order valence-corrected chi connectivity index (χ4v) is 1.28. The zero-order chi connectivity index (χ0) is 10.1. The minimum atomic E-state index is 0.169. The second kappa shape index (κ2) is 3.26. The summed E-state index contributed by atoms with van der Waals surface area (Å²) in [6, 6.07) is 0. The molecule has 0 aromatic carbocycles. The number of imidazole rings is 1. The maximum Gasteiger partial charge on any atom is 0.224 e. The van der Waals surface area contributed by atoms with Gasteiger partial charge in [-0.05, 0) is 18.5 Å². The Morgan fingerprint density at radius 2 is 2.21 bits per heavy atom. The maximum absolute atomic E-state index is 5.72. The van der Waals surface area contributed by atoms with Crippen LogP contribution in [-0.4, -0.2) is 19.5 Å². The molecule has 6 heteroatoms. The van der Waals surface area contributed by atoms with E-state index in [-0.39, 0.29) is 5.28 Å². The van der Waals surface area contributed by atoms with Crippen molar-refractivity contribution in [2.75, 3.05) is 5.73 Å². The lowest BCUT2D eigenvalue weighted by molar-refractivity contribution is 0.924. The van der Waals surface area contributed by atoms with Crippen LogP contribution in [0.4, 0.5) is 5.69 Å². The van der Waals surface area contributed by atoms with E-state index in [1.807, 2.05) is 6.92 Å². The minimum Gasteiger partial charge on any atom is -0.394 e. The summed E-state index contributed by atoms with van der Waals surface area (Å²) in [6.45, 7) is 1.86. The molecule has 72 valence electrons. The van der Waals surface area contributed by atoms with E-state index in [0.717, 1.165) is 5.82 Å². The number of nitrogen functional groups attached to an aromatic ring is 1. The van der Waals surface area contributed by atoms with Gasteiger partial charge in [-0.3, -0.25) is 4.57 Å². The van der Waals surface area contributed by atoms with Gasteiger partial charge in [-0.25, -0.2) is 9.97 Å². The first-order chi connectivity index (χ1) is 6.68. The zero-order valence-corrected chi connectivity index (χ0v) is 8.23. The molecule has 2 N–H and O–H groups in total. The molecule has 2 rings (SSSR count). The zero-order valence-electron chi connectivity index (χ0n) is 7.48. The fraction of sp³-hybridized carbons (Fsp3) is 0.125. The lowest BCUT2D eigenvalue weighted by atomic mass is 10.4. The van der Waals surface area contributed by atoms with Gasteiger partial charge in [0.25, 0.3) is 0 Å². The predicted octanol–water partition coefficient (Wildman–Crippen LogP) is 1.21. The Morgan fingerprint density at radius 1 is 1.43 bits per heavy atom. The van der Waals surface area contributed by atoms with Crippen LogP contribution in [0.25, 0.3) is 5.82 Å². The molecule has 0 aliphatic carbocycles. The van der Waals surface area contributed by atoms with Gasteiger partial charge in [-0.15, -0.1) is 0 Å². The molecule has 0 atom stereocenters. The number of hydrogen-bond acceptors (Lipinski definition) is 4. The van der Waals surface area contributed by atoms with Gasteiger partial charge in [0.15, 0.2) is 5.82 Å². The fourth-order valence-electron chi connectivity index (χ4n) is 1.16. The molecule has 0 unspecified atom stereocenters. The van der Waals surface area contributed by atoms with Gasteiger partial charge in [-0.2, -0.15) is 4.98 Å². The van der Waals surface area contributed by atoms with E-state index in [1.165, 1.54) is 6.20 Å². The smallest absolute Gasteiger partial charge is 0.224 e. The highest BCUT2D eigenvalue weighted by atomic mass is 35.5. The summed E-state index contributed by atoms with van der Waals surface area (Å²) < 4.78 is 1.75. The molecule has 0 amide bonds. The monoisotopic (exact) mass is 209 g/mol. The van der Waals surface area contributed by atoms with Crippen LogP contribution in [0.2, 0.25) is 5.28 Å². The van der Waals surface area contributed by atoms with Crippen LogP contribution in [0.15, 0.2) is 18.6 Å². The van der Waals surface area contributed by atoms with Crippen LogP contribution in [0.5, 0.6) is 0 Å². The number of nitrogens with zero attached hydrogens (tertiary/aromatic N) is 4. The Balaban J connectivity index is 2.62. The topological polar surface area (TPSA) is 69.6 Å². The van der Waals surface area contributed by atoms with Crippen LogP contribution in [0.1, 0.15) is 5.82 Å². The Hall–Kier alpha value is -1.62. The molecular formula is C8H8ClN5. The number of anilines is 1. The molecular weight excluding hydrogens is 202 g/mol. The van der Waals surface area contributed by atoms with Gasteiger partial charge in [0.1, 0.15) is 5.82 Å². The predicted molar refractivity (Wildman–Crippen MR) is 53.3 cm³/mol. The van der Waals surface area contributed by atoms with E-state index < -0.39 is 0 Å². The van der Waals surface area contributed by atoms with Crippen molar-refractivity contribution in [3.8, 4) is 5.82 Å². The second-order valence-electron chi connectivity index (χ2n) is 2.76. The van der Waals surface area contributed by atoms with E-state index in [0.29, 0.717) is 11.5 Å². The highest BCUT2D eigenvalue weighted by molar-refractivity contribution is 6.28. The third kappa shape index (κ3) is 1.42. The van der Waals surface area contributed by atoms with Crippen LogP contribution >= 0.6 is 11.6 Å². The Kier molecular flexibility index (Phi) is 2.09. The number of halogens is 1. The summed E-state index contributed by atoms with van der Waals surface area (Å²) in [4.78, 5) is 11.9. The number of aryl methyl sites for hydroxylation is 1. The SMILES string of the molecule is Cc1nccn1-c1nc(Cl)ncc1N. The van der Waals surface area contributed by atoms with Crippen molar-refractivity contribution in [2.24, 2.45) is 0 Å². The molecule has 0 aliphatic heterocycles. The third-order valence-corrected chi connectivity index (χ3v) is 2.00. The number of aromatic nitrogens is 4. The molecule has 14 heavy (non-hydrogen) atoms. The van der Waals surface area contributed by atoms with Crippen molar-refractivity contribution in [1.29, 1.82) is 0 Å². The van der Waals surface area contributed by atoms with Crippen molar-refractivity contribution < 1.29 is 0 Å². The molecule has 0 radical (unpaired) electrons. The number of nitrogens with two attached hydrogens (primary N) is 1. The van der Waals surface area contributed by atoms with E-state index in [1.54, 1.807) is 17.0 Å². The van der Waals surface area contributed by atoms with E-state index in [4.69, 9.17) is 17.3 Å². The summed E-state index contributed by atoms with van der Waals surface area (Å²) in [5.74, 6) is 1.35. The van der Waals surface area contributed by atoms with Gasteiger partial charge >= 0.3 is 0 Å². The molecule has 0 saturated heterocycles. The van der Waals surface area contributed by atoms with E-state index in [2.05, 4.69) is 15.0 Å². The molecule has 0 fully saturated rings. The van der Waals surface area contributed by atoms with Crippen molar-refractivity contribution in [1.82, 2.24) is 19.5 Å². The molecule has 0 bridgehead atoms. The maximum atomic E-state index is 5.72. The van der Waals surface area contributed by atoms with Gasteiger partial charge in [0, 0.05) is 12.4 Å². The van der Waals surface area contributed by atoms with Crippen molar-refractivity contribution in [3.63, 3.8) is 0 Å². The summed E-state index contributed by atoms with van der Waals surface area (Å²) >= 11 is 5.67. The van der Waals surface area contributed by atoms with E-state index >= 15 is 0 Å². The third-order valence-electron chi connectivity index (χ3n) is 1.82. The van der Waals surface area contributed by atoms with Crippen LogP contribution in [0.3, 0.4) is 0 Å². The molecule has 2 heterocycles. The first kappa shape index (κ1) is 8.96. The van der Waals surface area contributed by atoms with E-state index in [9.17, 15) is 0 Å². The van der Waals surface area contributed by atoms with Crippen LogP contribution < -0.4 is 5.73 Å². The Morgan fingerprint density at radius 3 is 2.86 bits per heavy atom. The standard InChI is InChI=1S/C8H8ClN5/c1-5-11-2-3-14(5)7-6(10)4-12-8(9)13-7/h2-4H,10H2,1H3. The normalized spacial score (nSPS) is 10.4. The lowest BCUT2D eigenvalue weighted by Crippen LogP contribution is -2.04. The Bertz CT molecular complexity index is 465. The highest BCUT2D eigenvalue weighted by Gasteiger charge is 2.07. The summed E-state index contributed by atoms with van der Waals surface area (Å²) in [6.07, 6.45) is 4.92. The summed E-state index contributed by atoms with van der Waals surface area (Å²) in [7, 11) is 0. The Labute approximate surface area is 85.6 Å². The largest absolute Gasteiger partial charge is 0.394 e. The first-order valence-corrected chi connectivity index (χ1v) is 4.34. The quantitative estimate of drug-likeness (QED) is 0.717. The molecule has 2 aromatic heterocycles. The van der Waals surface area contributed by atoms with Crippen molar-refractivity contribution in [3.05, 3.63) is 29.7 Å². The average Bonchev–Trinajstić information content (AvgIpc) is 2.56. The minimum absolute atomic E-state index is 0.169. The molecule has 2 aromatic rings. The summed E-state index contributed by atoms with van der Waals surface area (Å²) in [5.41, 5.74) is 6.19. The molecule has 5 nitrogen and oxygen atoms in total. The number of hydrogen-bond donors (Lipinski definition) is 1. The van der Waals surface area contributed by atoms with Gasteiger partial charge in [0.05, 0.1) is 11.9 Å². The number of rotatable bonds is 1. The summed E-state index contributed by atoms with van der Waals surface area (Å²) in [5, 5.41) is 0.169. The first-order valence-electron chi connectivity index (χ1n) is 3.97. The van der Waals surface area contributed by atoms with Crippen molar-refractivity contribution >= 4 is 17.3 Å². The molecule has 0 spiro atoms. The van der Waals surface area contributed by atoms with Gasteiger partial charge < -0.3 is 5.73 Å². The average molecular weight is 210 g/mol. The van der Waals surface area contributed by atoms with Gasteiger partial charge in [0.2, 0.25) is 5.28 Å². The van der Waals surface area contributed by atoms with Crippen LogP contribution in [-0.2, 0) is 0 Å². The highest BCUT2D eigenvalue weighted by Crippen LogP contribution is 2.16. The lowest BCUT2D eigenvalue weighted by Gasteiger charge is -2.06.